The molecule has 0 amide bonds. The first-order chi connectivity index (χ1) is 10.8. The van der Waals surface area contributed by atoms with Crippen LogP contribution in [0.2, 0.25) is 0 Å². The lowest BCUT2D eigenvalue weighted by Gasteiger charge is -2.39. The summed E-state index contributed by atoms with van der Waals surface area (Å²) in [7, 11) is 3.52. The Morgan fingerprint density at radius 1 is 1.22 bits per heavy atom. The molecule has 0 aromatic carbocycles. The van der Waals surface area contributed by atoms with Crippen molar-refractivity contribution in [3.63, 3.8) is 0 Å². The zero-order chi connectivity index (χ0) is 16.2. The molecular weight excluding hydrogens is 407 g/mol. The number of hydrogen-bond donors (Lipinski definition) is 2. The molecule has 1 heterocycles. The van der Waals surface area contributed by atoms with Crippen molar-refractivity contribution in [3.8, 4) is 0 Å². The van der Waals surface area contributed by atoms with Gasteiger partial charge in [0.05, 0.1) is 19.8 Å². The van der Waals surface area contributed by atoms with Crippen LogP contribution in [0.25, 0.3) is 0 Å². The quantitative estimate of drug-likeness (QED) is 0.246. The van der Waals surface area contributed by atoms with Crippen LogP contribution >= 0.6 is 24.0 Å². The van der Waals surface area contributed by atoms with E-state index in [2.05, 4.69) is 34.4 Å². The first-order valence-corrected chi connectivity index (χ1v) is 8.52. The third-order valence-corrected chi connectivity index (χ3v) is 4.41. The van der Waals surface area contributed by atoms with Gasteiger partial charge in [0.1, 0.15) is 0 Å². The molecule has 1 rings (SSSR count). The maximum atomic E-state index is 5.50. The van der Waals surface area contributed by atoms with Crippen molar-refractivity contribution in [1.29, 1.82) is 0 Å². The van der Waals surface area contributed by atoms with Crippen LogP contribution < -0.4 is 10.6 Å². The number of methoxy groups -OCH3 is 1. The van der Waals surface area contributed by atoms with Crippen molar-refractivity contribution in [2.24, 2.45) is 10.9 Å². The molecule has 1 atom stereocenters. The van der Waals surface area contributed by atoms with Crippen LogP contribution in [0.1, 0.15) is 26.7 Å². The minimum Gasteiger partial charge on any atom is -0.383 e. The molecule has 1 aliphatic heterocycles. The molecule has 0 aromatic rings. The number of morpholine rings is 1. The molecule has 23 heavy (non-hydrogen) atoms. The number of nitrogens with one attached hydrogen (secondary N) is 2. The third kappa shape index (κ3) is 8.51. The highest BCUT2D eigenvalue weighted by Crippen LogP contribution is 2.19. The maximum absolute atomic E-state index is 5.50. The molecule has 0 bridgehead atoms. The highest BCUT2D eigenvalue weighted by molar-refractivity contribution is 14.0. The van der Waals surface area contributed by atoms with E-state index in [-0.39, 0.29) is 24.0 Å². The van der Waals surface area contributed by atoms with Crippen molar-refractivity contribution in [2.75, 3.05) is 60.2 Å². The standard InChI is InChI=1S/C16H34N4O2.HI/c1-5-14(6-2)15(20-8-11-22-12-9-20)13-19-16(17-3)18-7-10-21-4;/h14-15H,5-13H2,1-4H3,(H2,17,18,19);1H. The molecule has 0 saturated carbocycles. The maximum Gasteiger partial charge on any atom is 0.191 e. The molecule has 7 heteroatoms. The van der Waals surface area contributed by atoms with Crippen molar-refractivity contribution in [3.05, 3.63) is 0 Å². The summed E-state index contributed by atoms with van der Waals surface area (Å²) >= 11 is 0. The molecule has 2 N–H and O–H groups in total. The first kappa shape index (κ1) is 22.9. The number of aliphatic imine (C=N–C) groups is 1. The molecule has 1 aliphatic rings. The molecule has 0 aromatic heterocycles. The van der Waals surface area contributed by atoms with Crippen molar-refractivity contribution in [2.45, 2.75) is 32.7 Å². The van der Waals surface area contributed by atoms with E-state index in [1.165, 1.54) is 12.8 Å². The van der Waals surface area contributed by atoms with Gasteiger partial charge in [-0.1, -0.05) is 26.7 Å². The molecule has 1 unspecified atom stereocenters. The van der Waals surface area contributed by atoms with Gasteiger partial charge >= 0.3 is 0 Å². The highest BCUT2D eigenvalue weighted by atomic mass is 127. The minimum atomic E-state index is 0. The average Bonchev–Trinajstić information content (AvgIpc) is 2.57. The fraction of sp³-hybridized carbons (Fsp3) is 0.938. The van der Waals surface area contributed by atoms with Crippen molar-refractivity contribution in [1.82, 2.24) is 15.5 Å². The Morgan fingerprint density at radius 2 is 1.87 bits per heavy atom. The van der Waals surface area contributed by atoms with Crippen LogP contribution in [-0.4, -0.2) is 77.1 Å². The topological polar surface area (TPSA) is 58.1 Å². The minimum absolute atomic E-state index is 0. The second-order valence-corrected chi connectivity index (χ2v) is 5.66. The smallest absolute Gasteiger partial charge is 0.191 e. The number of halogens is 1. The van der Waals surface area contributed by atoms with Gasteiger partial charge in [0.15, 0.2) is 5.96 Å². The highest BCUT2D eigenvalue weighted by Gasteiger charge is 2.26. The predicted molar refractivity (Wildman–Crippen MR) is 107 cm³/mol. The van der Waals surface area contributed by atoms with E-state index in [9.17, 15) is 0 Å². The molecule has 1 saturated heterocycles. The Kier molecular flexibility index (Phi) is 14.2. The molecule has 138 valence electrons. The van der Waals surface area contributed by atoms with E-state index in [4.69, 9.17) is 9.47 Å². The van der Waals surface area contributed by atoms with Crippen LogP contribution in [0.3, 0.4) is 0 Å². The summed E-state index contributed by atoms with van der Waals surface area (Å²) in [5.41, 5.74) is 0. The van der Waals surface area contributed by atoms with Crippen molar-refractivity contribution < 1.29 is 9.47 Å². The zero-order valence-electron chi connectivity index (χ0n) is 15.1. The van der Waals surface area contributed by atoms with Gasteiger partial charge in [0, 0.05) is 46.4 Å². The SMILES string of the molecule is CCC(CC)C(CNC(=NC)NCCOC)N1CCOCC1.I. The average molecular weight is 442 g/mol. The van der Waals surface area contributed by atoms with E-state index in [0.717, 1.165) is 45.4 Å². The van der Waals surface area contributed by atoms with Gasteiger partial charge in [0.25, 0.3) is 0 Å². The Bertz CT molecular complexity index is 308. The van der Waals surface area contributed by atoms with Crippen molar-refractivity contribution >= 4 is 29.9 Å². The Hall–Kier alpha value is -0.120. The summed E-state index contributed by atoms with van der Waals surface area (Å²) in [5.74, 6) is 1.55. The van der Waals surface area contributed by atoms with Gasteiger partial charge in [-0.25, -0.2) is 0 Å². The summed E-state index contributed by atoms with van der Waals surface area (Å²) in [4.78, 5) is 6.85. The fourth-order valence-electron chi connectivity index (χ4n) is 3.03. The molecule has 0 spiro atoms. The second kappa shape index (κ2) is 14.2. The van der Waals surface area contributed by atoms with Crippen LogP contribution in [0, 0.1) is 5.92 Å². The van der Waals surface area contributed by atoms with Gasteiger partial charge in [-0.2, -0.15) is 0 Å². The fourth-order valence-corrected chi connectivity index (χ4v) is 3.03. The Labute approximate surface area is 158 Å². The summed E-state index contributed by atoms with van der Waals surface area (Å²) in [6, 6.07) is 0.528. The first-order valence-electron chi connectivity index (χ1n) is 8.52. The molecular formula is C16H35IN4O2. The van der Waals surface area contributed by atoms with Gasteiger partial charge < -0.3 is 20.1 Å². The lowest BCUT2D eigenvalue weighted by molar-refractivity contribution is 0.00271. The van der Waals surface area contributed by atoms with Crippen LogP contribution in [-0.2, 0) is 9.47 Å². The number of rotatable bonds is 9. The number of nitrogens with zero attached hydrogens (tertiary/aromatic N) is 2. The second-order valence-electron chi connectivity index (χ2n) is 5.66. The third-order valence-electron chi connectivity index (χ3n) is 4.41. The monoisotopic (exact) mass is 442 g/mol. The number of hydrogen-bond acceptors (Lipinski definition) is 4. The van der Waals surface area contributed by atoms with E-state index >= 15 is 0 Å². The molecule has 0 radical (unpaired) electrons. The van der Waals surface area contributed by atoms with Crippen LogP contribution in [0.15, 0.2) is 4.99 Å². The molecule has 1 fully saturated rings. The molecule has 6 nitrogen and oxygen atoms in total. The normalized spacial score (nSPS) is 17.7. The van der Waals surface area contributed by atoms with Crippen LogP contribution in [0.5, 0.6) is 0 Å². The van der Waals surface area contributed by atoms with E-state index < -0.39 is 0 Å². The van der Waals surface area contributed by atoms with Gasteiger partial charge in [0.2, 0.25) is 0 Å². The van der Waals surface area contributed by atoms with Gasteiger partial charge in [-0.15, -0.1) is 24.0 Å². The Balaban J connectivity index is 0.00000484. The van der Waals surface area contributed by atoms with Gasteiger partial charge in [-0.05, 0) is 5.92 Å². The summed E-state index contributed by atoms with van der Waals surface area (Å²) in [6.45, 7) is 10.7. The van der Waals surface area contributed by atoms with Crippen LogP contribution in [0.4, 0.5) is 0 Å². The van der Waals surface area contributed by atoms with E-state index in [1.807, 2.05) is 7.05 Å². The largest absolute Gasteiger partial charge is 0.383 e. The van der Waals surface area contributed by atoms with Gasteiger partial charge in [-0.3, -0.25) is 9.89 Å². The Morgan fingerprint density at radius 3 is 2.39 bits per heavy atom. The zero-order valence-corrected chi connectivity index (χ0v) is 17.5. The summed E-state index contributed by atoms with van der Waals surface area (Å²) in [6.07, 6.45) is 2.41. The number of ether oxygens (including phenoxy) is 2. The molecule has 0 aliphatic carbocycles. The summed E-state index contributed by atoms with van der Waals surface area (Å²) < 4.78 is 10.6. The lowest BCUT2D eigenvalue weighted by Crippen LogP contribution is -2.53. The summed E-state index contributed by atoms with van der Waals surface area (Å²) in [5, 5.41) is 6.75. The lowest BCUT2D eigenvalue weighted by atomic mass is 9.92. The van der Waals surface area contributed by atoms with E-state index in [1.54, 1.807) is 7.11 Å². The predicted octanol–water partition coefficient (Wildman–Crippen LogP) is 1.55. The number of guanidine groups is 1. The van der Waals surface area contributed by atoms with E-state index in [0.29, 0.717) is 18.6 Å².